The molecular formula is C32H24BrClN2O2. The third kappa shape index (κ3) is 4.16. The molecule has 0 bridgehead atoms. The number of nitrogens with zero attached hydrogens (tertiary/aromatic N) is 2. The van der Waals surface area contributed by atoms with E-state index < -0.39 is 0 Å². The van der Waals surface area contributed by atoms with Crippen LogP contribution in [0.3, 0.4) is 0 Å². The molecule has 1 atom stereocenters. The molecule has 38 heavy (non-hydrogen) atoms. The number of halogens is 2. The van der Waals surface area contributed by atoms with Gasteiger partial charge in [-0.15, -0.1) is 0 Å². The molecule has 2 heterocycles. The van der Waals surface area contributed by atoms with Crippen LogP contribution >= 0.6 is 27.5 Å². The molecule has 0 fully saturated rings. The van der Waals surface area contributed by atoms with E-state index in [4.69, 9.17) is 21.1 Å². The molecule has 2 aliphatic rings. The number of para-hydroxylation sites is 1. The number of fused-ring (bicyclic) bond motifs is 3. The van der Waals surface area contributed by atoms with Gasteiger partial charge in [-0.3, -0.25) is 0 Å². The van der Waals surface area contributed by atoms with Gasteiger partial charge in [0, 0.05) is 32.9 Å². The number of benzene rings is 5. The number of hydrogen-bond donors (Lipinski definition) is 0. The maximum absolute atomic E-state index is 6.36. The van der Waals surface area contributed by atoms with E-state index in [1.54, 1.807) is 0 Å². The normalized spacial score (nSPS) is 16.4. The Bertz CT molecular complexity index is 1660. The maximum Gasteiger partial charge on any atom is 0.162 e. The quantitative estimate of drug-likeness (QED) is 0.212. The highest BCUT2D eigenvalue weighted by atomic mass is 79.9. The molecule has 0 spiro atoms. The summed E-state index contributed by atoms with van der Waals surface area (Å²) >= 11 is 9.90. The van der Waals surface area contributed by atoms with Gasteiger partial charge in [0.2, 0.25) is 0 Å². The Hall–Kier alpha value is -3.67. The van der Waals surface area contributed by atoms with Crippen molar-refractivity contribution >= 4 is 49.7 Å². The van der Waals surface area contributed by atoms with E-state index in [-0.39, 0.29) is 6.04 Å². The highest BCUT2D eigenvalue weighted by molar-refractivity contribution is 9.10. The van der Waals surface area contributed by atoms with Crippen LogP contribution in [0.4, 0.5) is 11.4 Å². The van der Waals surface area contributed by atoms with Crippen LogP contribution in [-0.4, -0.2) is 13.5 Å². The first-order chi connectivity index (χ1) is 18.6. The predicted molar refractivity (Wildman–Crippen MR) is 157 cm³/mol. The lowest BCUT2D eigenvalue weighted by atomic mass is 9.91. The highest BCUT2D eigenvalue weighted by Crippen LogP contribution is 2.45. The van der Waals surface area contributed by atoms with Gasteiger partial charge >= 0.3 is 0 Å². The third-order valence-electron chi connectivity index (χ3n) is 7.33. The Morgan fingerprint density at radius 2 is 1.47 bits per heavy atom. The molecule has 5 aromatic carbocycles. The van der Waals surface area contributed by atoms with E-state index in [9.17, 15) is 0 Å². The van der Waals surface area contributed by atoms with Crippen molar-refractivity contribution in [2.45, 2.75) is 12.6 Å². The second-order valence-corrected chi connectivity index (χ2v) is 10.9. The standard InChI is InChI=1S/C32H24BrClN2O2/c33-28-7-3-4-8-29(28)36-20-38-31-17-22-6-2-1-5-21(22)16-27(31)32(36)23-9-14-30-24(15-23)18-35(19-37-30)26-12-10-25(34)11-13-26/h1-17,32H,18-20H2. The summed E-state index contributed by atoms with van der Waals surface area (Å²) in [5, 5.41) is 3.10. The van der Waals surface area contributed by atoms with Gasteiger partial charge in [-0.25, -0.2) is 0 Å². The minimum atomic E-state index is -0.0294. The minimum absolute atomic E-state index is 0.0294. The first-order valence-corrected chi connectivity index (χ1v) is 13.7. The molecule has 4 nitrogen and oxygen atoms in total. The molecular weight excluding hydrogens is 560 g/mol. The Morgan fingerprint density at radius 3 is 2.29 bits per heavy atom. The lowest BCUT2D eigenvalue weighted by molar-refractivity contribution is 0.277. The summed E-state index contributed by atoms with van der Waals surface area (Å²) in [6, 6.07) is 35.7. The van der Waals surface area contributed by atoms with Crippen LogP contribution in [0, 0.1) is 0 Å². The van der Waals surface area contributed by atoms with E-state index in [1.807, 2.05) is 30.3 Å². The Kier molecular flexibility index (Phi) is 5.91. The van der Waals surface area contributed by atoms with Gasteiger partial charge < -0.3 is 19.3 Å². The van der Waals surface area contributed by atoms with Crippen molar-refractivity contribution in [2.75, 3.05) is 23.3 Å². The Morgan fingerprint density at radius 1 is 0.737 bits per heavy atom. The lowest BCUT2D eigenvalue weighted by Crippen LogP contribution is -2.38. The first kappa shape index (κ1) is 23.4. The van der Waals surface area contributed by atoms with Gasteiger partial charge in [0.1, 0.15) is 11.5 Å². The average Bonchev–Trinajstić information content (AvgIpc) is 2.95. The molecule has 188 valence electrons. The lowest BCUT2D eigenvalue weighted by Gasteiger charge is -2.40. The first-order valence-electron chi connectivity index (χ1n) is 12.6. The summed E-state index contributed by atoms with van der Waals surface area (Å²) in [4.78, 5) is 4.54. The van der Waals surface area contributed by atoms with Gasteiger partial charge in [0.15, 0.2) is 13.5 Å². The summed E-state index contributed by atoms with van der Waals surface area (Å²) in [5.74, 6) is 1.85. The second-order valence-electron chi connectivity index (χ2n) is 9.65. The molecule has 0 aromatic heterocycles. The van der Waals surface area contributed by atoms with E-state index in [0.29, 0.717) is 13.5 Å². The van der Waals surface area contributed by atoms with Crippen molar-refractivity contribution in [1.82, 2.24) is 0 Å². The fourth-order valence-electron chi connectivity index (χ4n) is 5.46. The average molecular weight is 584 g/mol. The largest absolute Gasteiger partial charge is 0.473 e. The molecule has 0 aliphatic carbocycles. The maximum atomic E-state index is 6.36. The number of hydrogen-bond acceptors (Lipinski definition) is 4. The molecule has 2 aliphatic heterocycles. The zero-order valence-corrected chi connectivity index (χ0v) is 22.8. The van der Waals surface area contributed by atoms with Crippen LogP contribution < -0.4 is 19.3 Å². The predicted octanol–water partition coefficient (Wildman–Crippen LogP) is 8.56. The van der Waals surface area contributed by atoms with Crippen LogP contribution in [0.1, 0.15) is 22.7 Å². The van der Waals surface area contributed by atoms with Gasteiger partial charge in [0.05, 0.1) is 11.7 Å². The topological polar surface area (TPSA) is 24.9 Å². The SMILES string of the molecule is Clc1ccc(N2COc3ccc(C4c5cc6ccccc6cc5OCN4c4ccccc4Br)cc3C2)cc1. The van der Waals surface area contributed by atoms with Crippen molar-refractivity contribution in [3.8, 4) is 11.5 Å². The van der Waals surface area contributed by atoms with Crippen LogP contribution in [0.5, 0.6) is 11.5 Å². The zero-order chi connectivity index (χ0) is 25.6. The van der Waals surface area contributed by atoms with Crippen LogP contribution in [0.25, 0.3) is 10.8 Å². The molecule has 0 saturated carbocycles. The van der Waals surface area contributed by atoms with E-state index in [2.05, 4.69) is 98.5 Å². The van der Waals surface area contributed by atoms with Gasteiger partial charge in [-0.05, 0) is 92.9 Å². The number of rotatable bonds is 3. The Labute approximate surface area is 235 Å². The van der Waals surface area contributed by atoms with Crippen molar-refractivity contribution in [3.63, 3.8) is 0 Å². The fourth-order valence-corrected chi connectivity index (χ4v) is 6.10. The smallest absolute Gasteiger partial charge is 0.162 e. The molecule has 7 rings (SSSR count). The summed E-state index contributed by atoms with van der Waals surface area (Å²) < 4.78 is 13.6. The van der Waals surface area contributed by atoms with Crippen LogP contribution in [-0.2, 0) is 6.54 Å². The summed E-state index contributed by atoms with van der Waals surface area (Å²) in [7, 11) is 0. The van der Waals surface area contributed by atoms with Gasteiger partial charge in [-0.1, -0.05) is 54.1 Å². The molecule has 0 radical (unpaired) electrons. The van der Waals surface area contributed by atoms with Crippen molar-refractivity contribution in [3.05, 3.63) is 129 Å². The van der Waals surface area contributed by atoms with Gasteiger partial charge in [-0.2, -0.15) is 0 Å². The van der Waals surface area contributed by atoms with Crippen molar-refractivity contribution < 1.29 is 9.47 Å². The molecule has 5 aromatic rings. The summed E-state index contributed by atoms with van der Waals surface area (Å²) in [6.45, 7) is 1.71. The van der Waals surface area contributed by atoms with Gasteiger partial charge in [0.25, 0.3) is 0 Å². The van der Waals surface area contributed by atoms with Crippen LogP contribution in [0.2, 0.25) is 5.02 Å². The summed E-state index contributed by atoms with van der Waals surface area (Å²) in [6.07, 6.45) is 0. The molecule has 0 saturated heterocycles. The number of anilines is 2. The summed E-state index contributed by atoms with van der Waals surface area (Å²) in [5.41, 5.74) is 5.68. The fraction of sp³-hybridized carbons (Fsp3) is 0.125. The zero-order valence-electron chi connectivity index (χ0n) is 20.5. The van der Waals surface area contributed by atoms with Crippen LogP contribution in [0.15, 0.2) is 108 Å². The second kappa shape index (κ2) is 9.57. The third-order valence-corrected chi connectivity index (χ3v) is 8.26. The van der Waals surface area contributed by atoms with E-state index >= 15 is 0 Å². The molecule has 0 amide bonds. The molecule has 0 N–H and O–H groups in total. The molecule has 1 unspecified atom stereocenters. The van der Waals surface area contributed by atoms with Crippen molar-refractivity contribution in [1.29, 1.82) is 0 Å². The van der Waals surface area contributed by atoms with E-state index in [0.717, 1.165) is 50.0 Å². The minimum Gasteiger partial charge on any atom is -0.473 e. The molecule has 6 heteroatoms. The van der Waals surface area contributed by atoms with Crippen molar-refractivity contribution in [2.24, 2.45) is 0 Å². The monoisotopic (exact) mass is 582 g/mol. The number of ether oxygens (including phenoxy) is 2. The van der Waals surface area contributed by atoms with E-state index in [1.165, 1.54) is 16.3 Å². The Balaban J connectivity index is 1.34. The highest BCUT2D eigenvalue weighted by Gasteiger charge is 2.32.